The lowest BCUT2D eigenvalue weighted by Gasteiger charge is -2.21. The number of furan rings is 1. The van der Waals surface area contributed by atoms with Crippen LogP contribution in [0, 0.1) is 0 Å². The van der Waals surface area contributed by atoms with Gasteiger partial charge in [0, 0.05) is 25.8 Å². The van der Waals surface area contributed by atoms with E-state index >= 15 is 0 Å². The van der Waals surface area contributed by atoms with Crippen LogP contribution in [0.1, 0.15) is 34.2 Å². The highest BCUT2D eigenvalue weighted by Crippen LogP contribution is 2.37. The van der Waals surface area contributed by atoms with Crippen LogP contribution in [0.2, 0.25) is 0 Å². The van der Waals surface area contributed by atoms with Crippen LogP contribution >= 0.6 is 0 Å². The molecule has 1 aliphatic carbocycles. The Morgan fingerprint density at radius 3 is 2.68 bits per heavy atom. The van der Waals surface area contributed by atoms with Crippen molar-refractivity contribution in [3.05, 3.63) is 59.7 Å². The lowest BCUT2D eigenvalue weighted by Crippen LogP contribution is -2.20. The van der Waals surface area contributed by atoms with Crippen LogP contribution in [0.4, 0.5) is 5.82 Å². The van der Waals surface area contributed by atoms with E-state index in [1.807, 2.05) is 41.1 Å². The summed E-state index contributed by atoms with van der Waals surface area (Å²) in [6.07, 6.45) is 2.79. The van der Waals surface area contributed by atoms with Crippen LogP contribution in [0.5, 0.6) is 5.75 Å². The fraction of sp³-hybridized carbons (Fsp3) is 0.263. The van der Waals surface area contributed by atoms with Crippen LogP contribution < -0.4 is 10.1 Å². The number of carbonyl (C=O) groups excluding carboxylic acids is 1. The quantitative estimate of drug-likeness (QED) is 0.790. The van der Waals surface area contributed by atoms with E-state index in [-0.39, 0.29) is 11.7 Å². The third kappa shape index (κ3) is 2.59. The number of fused-ring (bicyclic) bond motifs is 1. The molecule has 6 heteroatoms. The molecule has 128 valence electrons. The minimum absolute atomic E-state index is 0.0356. The summed E-state index contributed by atoms with van der Waals surface area (Å²) in [5.41, 5.74) is 2.49. The van der Waals surface area contributed by atoms with Gasteiger partial charge in [-0.3, -0.25) is 4.79 Å². The van der Waals surface area contributed by atoms with Gasteiger partial charge in [0.2, 0.25) is 0 Å². The third-order valence-corrected chi connectivity index (χ3v) is 4.63. The van der Waals surface area contributed by atoms with E-state index in [0.29, 0.717) is 24.2 Å². The molecule has 0 aliphatic heterocycles. The lowest BCUT2D eigenvalue weighted by atomic mass is 9.85. The molecule has 6 nitrogen and oxygen atoms in total. The molecule has 0 amide bonds. The Labute approximate surface area is 145 Å². The number of benzene rings is 1. The molecule has 0 radical (unpaired) electrons. The molecule has 0 unspecified atom stereocenters. The van der Waals surface area contributed by atoms with Gasteiger partial charge in [0.05, 0.1) is 30.3 Å². The molecule has 2 heterocycles. The summed E-state index contributed by atoms with van der Waals surface area (Å²) >= 11 is 0. The first-order valence-corrected chi connectivity index (χ1v) is 8.22. The zero-order chi connectivity index (χ0) is 17.4. The molecule has 0 spiro atoms. The van der Waals surface area contributed by atoms with E-state index < -0.39 is 0 Å². The van der Waals surface area contributed by atoms with Crippen molar-refractivity contribution in [2.45, 2.75) is 18.8 Å². The summed E-state index contributed by atoms with van der Waals surface area (Å²) < 4.78 is 12.6. The smallest absolute Gasteiger partial charge is 0.169 e. The number of methoxy groups -OCH3 is 1. The number of hydrogen-bond acceptors (Lipinski definition) is 5. The van der Waals surface area contributed by atoms with Gasteiger partial charge in [-0.15, -0.1) is 5.10 Å². The zero-order valence-corrected chi connectivity index (χ0v) is 14.2. The number of Topliss-reactive ketones (excluding diaryl/α,β-unsaturated/α-hetero) is 1. The van der Waals surface area contributed by atoms with E-state index in [0.717, 1.165) is 22.9 Å². The number of nitrogens with zero attached hydrogens (tertiary/aromatic N) is 2. The van der Waals surface area contributed by atoms with E-state index in [4.69, 9.17) is 9.15 Å². The molecule has 1 N–H and O–H groups in total. The first-order chi connectivity index (χ1) is 12.2. The number of rotatable bonds is 4. The van der Waals surface area contributed by atoms with Crippen LogP contribution in [0.3, 0.4) is 0 Å². The largest absolute Gasteiger partial charge is 0.497 e. The van der Waals surface area contributed by atoms with Gasteiger partial charge in [-0.1, -0.05) is 0 Å². The predicted molar refractivity (Wildman–Crippen MR) is 93.8 cm³/mol. The Morgan fingerprint density at radius 2 is 2.04 bits per heavy atom. The van der Waals surface area contributed by atoms with E-state index in [2.05, 4.69) is 10.4 Å². The van der Waals surface area contributed by atoms with E-state index in [1.54, 1.807) is 20.4 Å². The average molecular weight is 337 g/mol. The van der Waals surface area contributed by atoms with Crippen molar-refractivity contribution in [2.24, 2.45) is 0 Å². The Hall–Kier alpha value is -3.02. The predicted octanol–water partition coefficient (Wildman–Crippen LogP) is 3.43. The molecule has 25 heavy (non-hydrogen) atoms. The van der Waals surface area contributed by atoms with Crippen molar-refractivity contribution >= 4 is 11.6 Å². The van der Waals surface area contributed by atoms with Gasteiger partial charge >= 0.3 is 0 Å². The molecular formula is C19H19N3O3. The fourth-order valence-electron chi connectivity index (χ4n) is 3.40. The molecule has 3 aromatic rings. The SMILES string of the molecule is CNc1nn(-c2ccc(OC)cc2)c2c1C(=O)C[C@@H](c1ccco1)C2. The average Bonchev–Trinajstić information content (AvgIpc) is 3.29. The van der Waals surface area contributed by atoms with Gasteiger partial charge < -0.3 is 14.5 Å². The van der Waals surface area contributed by atoms with Crippen molar-refractivity contribution < 1.29 is 13.9 Å². The van der Waals surface area contributed by atoms with E-state index in [1.165, 1.54) is 0 Å². The second-order valence-corrected chi connectivity index (χ2v) is 6.07. The maximum atomic E-state index is 12.8. The Balaban J connectivity index is 1.80. The number of nitrogens with one attached hydrogen (secondary N) is 1. The first kappa shape index (κ1) is 15.5. The standard InChI is InChI=1S/C19H19N3O3/c1-20-19-18-15(10-12(11-16(18)23)17-4-3-9-25-17)22(21-19)13-5-7-14(24-2)8-6-13/h3-9,12H,10-11H2,1-2H3,(H,20,21)/t12-/m0/s1. The fourth-order valence-corrected chi connectivity index (χ4v) is 3.40. The number of carbonyl (C=O) groups is 1. The topological polar surface area (TPSA) is 69.3 Å². The Kier molecular flexibility index (Phi) is 3.80. The first-order valence-electron chi connectivity index (χ1n) is 8.22. The van der Waals surface area contributed by atoms with Crippen molar-refractivity contribution in [1.29, 1.82) is 0 Å². The molecule has 0 fully saturated rings. The summed E-state index contributed by atoms with van der Waals surface area (Å²) in [6, 6.07) is 11.4. The molecule has 0 saturated carbocycles. The Morgan fingerprint density at radius 1 is 1.24 bits per heavy atom. The highest BCUT2D eigenvalue weighted by Gasteiger charge is 2.34. The summed E-state index contributed by atoms with van der Waals surface area (Å²) in [4.78, 5) is 12.8. The van der Waals surface area contributed by atoms with Gasteiger partial charge in [0.1, 0.15) is 11.5 Å². The normalized spacial score (nSPS) is 16.6. The number of ketones is 1. The second kappa shape index (κ2) is 6.12. The van der Waals surface area contributed by atoms with Gasteiger partial charge in [0.25, 0.3) is 0 Å². The highest BCUT2D eigenvalue weighted by molar-refractivity contribution is 6.03. The van der Waals surface area contributed by atoms with Crippen molar-refractivity contribution in [3.8, 4) is 11.4 Å². The molecular weight excluding hydrogens is 318 g/mol. The van der Waals surface area contributed by atoms with Crippen LogP contribution in [-0.4, -0.2) is 29.7 Å². The number of hydrogen-bond donors (Lipinski definition) is 1. The molecule has 2 aromatic heterocycles. The summed E-state index contributed by atoms with van der Waals surface area (Å²) in [7, 11) is 3.42. The molecule has 4 rings (SSSR count). The van der Waals surface area contributed by atoms with Gasteiger partial charge in [-0.05, 0) is 36.4 Å². The minimum atomic E-state index is 0.0356. The minimum Gasteiger partial charge on any atom is -0.497 e. The monoisotopic (exact) mass is 337 g/mol. The maximum Gasteiger partial charge on any atom is 0.169 e. The maximum absolute atomic E-state index is 12.8. The molecule has 1 aliphatic rings. The van der Waals surface area contributed by atoms with Crippen LogP contribution in [0.15, 0.2) is 47.1 Å². The number of anilines is 1. The second-order valence-electron chi connectivity index (χ2n) is 6.07. The third-order valence-electron chi connectivity index (χ3n) is 4.63. The highest BCUT2D eigenvalue weighted by atomic mass is 16.5. The summed E-state index contributed by atoms with van der Waals surface area (Å²) in [5, 5.41) is 7.66. The Bertz CT molecular complexity index is 895. The van der Waals surface area contributed by atoms with Gasteiger partial charge in [-0.2, -0.15) is 0 Å². The van der Waals surface area contributed by atoms with Crippen LogP contribution in [0.25, 0.3) is 5.69 Å². The van der Waals surface area contributed by atoms with Crippen LogP contribution in [-0.2, 0) is 6.42 Å². The summed E-state index contributed by atoms with van der Waals surface area (Å²) in [5.74, 6) is 2.37. The number of ether oxygens (including phenoxy) is 1. The van der Waals surface area contributed by atoms with Crippen molar-refractivity contribution in [3.63, 3.8) is 0 Å². The number of aromatic nitrogens is 2. The van der Waals surface area contributed by atoms with Gasteiger partial charge in [0.15, 0.2) is 11.6 Å². The van der Waals surface area contributed by atoms with Gasteiger partial charge in [-0.25, -0.2) is 4.68 Å². The molecule has 0 saturated heterocycles. The molecule has 1 aromatic carbocycles. The molecule has 1 atom stereocenters. The van der Waals surface area contributed by atoms with Crippen molar-refractivity contribution in [2.75, 3.05) is 19.5 Å². The lowest BCUT2D eigenvalue weighted by molar-refractivity contribution is 0.0960. The van der Waals surface area contributed by atoms with Crippen molar-refractivity contribution in [1.82, 2.24) is 9.78 Å². The molecule has 0 bridgehead atoms. The van der Waals surface area contributed by atoms with E-state index in [9.17, 15) is 4.79 Å². The zero-order valence-electron chi connectivity index (χ0n) is 14.2. The summed E-state index contributed by atoms with van der Waals surface area (Å²) in [6.45, 7) is 0.